The minimum absolute atomic E-state index is 0.0170. The molecule has 29 heavy (non-hydrogen) atoms. The summed E-state index contributed by atoms with van der Waals surface area (Å²) in [5, 5.41) is 0. The van der Waals surface area contributed by atoms with Gasteiger partial charge in [0.2, 0.25) is 5.91 Å². The number of piperazine rings is 1. The number of nitrogens with zero attached hydrogens (tertiary/aromatic N) is 4. The van der Waals surface area contributed by atoms with Crippen molar-refractivity contribution in [3.8, 4) is 0 Å². The molecule has 3 rings (SSSR count). The molecule has 158 valence electrons. The molecule has 0 unspecified atom stereocenters. The predicted octanol–water partition coefficient (Wildman–Crippen LogP) is 0.404. The Hall–Kier alpha value is -2.30. The Kier molecular flexibility index (Phi) is 6.35. The Morgan fingerprint density at radius 2 is 1.48 bits per heavy atom. The predicted molar refractivity (Wildman–Crippen MR) is 106 cm³/mol. The molecule has 10 heteroatoms. The lowest BCUT2D eigenvalue weighted by atomic mass is 10.1. The zero-order valence-electron chi connectivity index (χ0n) is 16.7. The fourth-order valence-electron chi connectivity index (χ4n) is 3.69. The molecule has 3 amide bonds. The number of rotatable bonds is 7. The maximum atomic E-state index is 12.6. The van der Waals surface area contributed by atoms with Crippen LogP contribution in [0.25, 0.3) is 0 Å². The van der Waals surface area contributed by atoms with Gasteiger partial charge in [0.25, 0.3) is 22.0 Å². The Bertz CT molecular complexity index is 870. The van der Waals surface area contributed by atoms with E-state index in [2.05, 4.69) is 0 Å². The second kappa shape index (κ2) is 8.60. The minimum atomic E-state index is -3.51. The third kappa shape index (κ3) is 4.05. The molecular weight excluding hydrogens is 396 g/mol. The Balaban J connectivity index is 1.54. The van der Waals surface area contributed by atoms with Gasteiger partial charge in [-0.3, -0.25) is 19.3 Å². The first-order valence-electron chi connectivity index (χ1n) is 9.79. The van der Waals surface area contributed by atoms with Gasteiger partial charge in [0.05, 0.1) is 11.1 Å². The van der Waals surface area contributed by atoms with Gasteiger partial charge in [0, 0.05) is 52.2 Å². The van der Waals surface area contributed by atoms with Crippen molar-refractivity contribution in [1.29, 1.82) is 0 Å². The molecule has 1 aromatic rings. The lowest BCUT2D eigenvalue weighted by Gasteiger charge is -2.36. The van der Waals surface area contributed by atoms with Crippen LogP contribution in [0.5, 0.6) is 0 Å². The summed E-state index contributed by atoms with van der Waals surface area (Å²) in [7, 11) is -3.51. The number of benzene rings is 1. The van der Waals surface area contributed by atoms with Gasteiger partial charge in [-0.1, -0.05) is 26.0 Å². The highest BCUT2D eigenvalue weighted by molar-refractivity contribution is 7.86. The van der Waals surface area contributed by atoms with E-state index in [1.54, 1.807) is 43.0 Å². The van der Waals surface area contributed by atoms with E-state index in [-0.39, 0.29) is 43.8 Å². The number of carbonyl (C=O) groups is 3. The summed E-state index contributed by atoms with van der Waals surface area (Å²) in [4.78, 5) is 40.0. The number of carbonyl (C=O) groups excluding carboxylic acids is 3. The van der Waals surface area contributed by atoms with E-state index in [0.717, 1.165) is 4.90 Å². The molecule has 2 aliphatic heterocycles. The maximum Gasteiger partial charge on any atom is 0.282 e. The molecule has 0 saturated carbocycles. The third-order valence-electron chi connectivity index (χ3n) is 5.38. The van der Waals surface area contributed by atoms with Crippen molar-refractivity contribution in [2.24, 2.45) is 0 Å². The quantitative estimate of drug-likeness (QED) is 0.593. The van der Waals surface area contributed by atoms with Crippen LogP contribution in [0.4, 0.5) is 0 Å². The summed E-state index contributed by atoms with van der Waals surface area (Å²) in [6.07, 6.45) is 0.0221. The van der Waals surface area contributed by atoms with E-state index < -0.39 is 10.2 Å². The zero-order chi connectivity index (χ0) is 21.2. The molecule has 0 radical (unpaired) electrons. The molecule has 0 aliphatic carbocycles. The first-order chi connectivity index (χ1) is 13.8. The van der Waals surface area contributed by atoms with Gasteiger partial charge in [0.15, 0.2) is 0 Å². The van der Waals surface area contributed by atoms with Crippen LogP contribution >= 0.6 is 0 Å². The van der Waals surface area contributed by atoms with Crippen molar-refractivity contribution in [2.45, 2.75) is 20.3 Å². The highest BCUT2D eigenvalue weighted by atomic mass is 32.2. The van der Waals surface area contributed by atoms with E-state index in [1.165, 1.54) is 8.61 Å². The van der Waals surface area contributed by atoms with Crippen molar-refractivity contribution in [1.82, 2.24) is 18.4 Å². The number of fused-ring (bicyclic) bond motifs is 1. The standard InChI is InChI=1S/C19H26N4O5S/c1-3-21(4-2)29(27,28)22-13-11-20(12-14-22)17(24)9-10-23-18(25)15-7-5-6-8-16(15)19(23)26/h5-8H,3-4,9-14H2,1-2H3. The normalized spacial score (nSPS) is 17.9. The van der Waals surface area contributed by atoms with Crippen molar-refractivity contribution < 1.29 is 22.8 Å². The van der Waals surface area contributed by atoms with E-state index in [9.17, 15) is 22.8 Å². The van der Waals surface area contributed by atoms with Gasteiger partial charge in [-0.25, -0.2) is 0 Å². The fraction of sp³-hybridized carbons (Fsp3) is 0.526. The largest absolute Gasteiger partial charge is 0.340 e. The van der Waals surface area contributed by atoms with Gasteiger partial charge in [0.1, 0.15) is 0 Å². The van der Waals surface area contributed by atoms with Gasteiger partial charge in [-0.15, -0.1) is 0 Å². The van der Waals surface area contributed by atoms with Crippen LogP contribution in [-0.2, 0) is 15.0 Å². The SMILES string of the molecule is CCN(CC)S(=O)(=O)N1CCN(C(=O)CCN2C(=O)c3ccccc3C2=O)CC1. The van der Waals surface area contributed by atoms with E-state index in [4.69, 9.17) is 0 Å². The molecule has 1 saturated heterocycles. The molecule has 0 N–H and O–H groups in total. The highest BCUT2D eigenvalue weighted by Crippen LogP contribution is 2.22. The van der Waals surface area contributed by atoms with E-state index in [1.807, 2.05) is 0 Å². The third-order valence-corrected chi connectivity index (χ3v) is 7.56. The zero-order valence-corrected chi connectivity index (χ0v) is 17.5. The van der Waals surface area contributed by atoms with Gasteiger partial charge >= 0.3 is 0 Å². The average Bonchev–Trinajstić information content (AvgIpc) is 2.97. The highest BCUT2D eigenvalue weighted by Gasteiger charge is 2.36. The second-order valence-electron chi connectivity index (χ2n) is 6.93. The maximum absolute atomic E-state index is 12.6. The summed E-state index contributed by atoms with van der Waals surface area (Å²) in [6, 6.07) is 6.61. The molecule has 2 heterocycles. The van der Waals surface area contributed by atoms with Gasteiger partial charge in [-0.2, -0.15) is 17.0 Å². The van der Waals surface area contributed by atoms with Crippen molar-refractivity contribution in [3.05, 3.63) is 35.4 Å². The van der Waals surface area contributed by atoms with Crippen LogP contribution in [0, 0.1) is 0 Å². The van der Waals surface area contributed by atoms with Crippen LogP contribution in [0.3, 0.4) is 0 Å². The molecule has 1 aromatic carbocycles. The summed E-state index contributed by atoms with van der Waals surface area (Å²) >= 11 is 0. The molecule has 9 nitrogen and oxygen atoms in total. The number of hydrogen-bond donors (Lipinski definition) is 0. The van der Waals surface area contributed by atoms with Crippen molar-refractivity contribution >= 4 is 27.9 Å². The number of amides is 3. The van der Waals surface area contributed by atoms with Gasteiger partial charge in [-0.05, 0) is 12.1 Å². The molecule has 0 bridgehead atoms. The molecule has 1 fully saturated rings. The lowest BCUT2D eigenvalue weighted by Crippen LogP contribution is -2.54. The monoisotopic (exact) mass is 422 g/mol. The first kappa shape index (κ1) is 21.4. The first-order valence-corrected chi connectivity index (χ1v) is 11.2. The molecular formula is C19H26N4O5S. The summed E-state index contributed by atoms with van der Waals surface area (Å²) in [5.41, 5.74) is 0.723. The molecule has 2 aliphatic rings. The lowest BCUT2D eigenvalue weighted by molar-refractivity contribution is -0.132. The Labute approximate surface area is 171 Å². The van der Waals surface area contributed by atoms with E-state index >= 15 is 0 Å². The van der Waals surface area contributed by atoms with E-state index in [0.29, 0.717) is 37.3 Å². The van der Waals surface area contributed by atoms with Crippen LogP contribution in [0.2, 0.25) is 0 Å². The smallest absolute Gasteiger partial charge is 0.282 e. The molecule has 0 atom stereocenters. The molecule has 0 spiro atoms. The van der Waals surface area contributed by atoms with Crippen molar-refractivity contribution in [2.75, 3.05) is 45.8 Å². The van der Waals surface area contributed by atoms with Crippen molar-refractivity contribution in [3.63, 3.8) is 0 Å². The average molecular weight is 423 g/mol. The summed E-state index contributed by atoms with van der Waals surface area (Å²) in [5.74, 6) is -0.955. The Morgan fingerprint density at radius 3 is 1.97 bits per heavy atom. The van der Waals surface area contributed by atoms with Crippen LogP contribution < -0.4 is 0 Å². The number of hydrogen-bond acceptors (Lipinski definition) is 5. The number of imide groups is 1. The molecule has 0 aromatic heterocycles. The van der Waals surface area contributed by atoms with Crippen LogP contribution in [0.1, 0.15) is 41.0 Å². The topological polar surface area (TPSA) is 98.3 Å². The minimum Gasteiger partial charge on any atom is -0.340 e. The fourth-order valence-corrected chi connectivity index (χ4v) is 5.29. The summed E-state index contributed by atoms with van der Waals surface area (Å²) < 4.78 is 27.9. The summed E-state index contributed by atoms with van der Waals surface area (Å²) in [6.45, 7) is 5.46. The Morgan fingerprint density at radius 1 is 0.966 bits per heavy atom. The van der Waals surface area contributed by atoms with Crippen LogP contribution in [0.15, 0.2) is 24.3 Å². The second-order valence-corrected chi connectivity index (χ2v) is 8.86. The van der Waals surface area contributed by atoms with Crippen LogP contribution in [-0.4, -0.2) is 90.4 Å². The van der Waals surface area contributed by atoms with Gasteiger partial charge < -0.3 is 4.90 Å².